The van der Waals surface area contributed by atoms with E-state index in [4.69, 9.17) is 16.3 Å². The molecule has 0 bridgehead atoms. The average molecular weight is 241 g/mol. The number of halogens is 2. The number of nitrogens with one attached hydrogen (secondary N) is 1. The van der Waals surface area contributed by atoms with Crippen molar-refractivity contribution < 1.29 is 9.13 Å². The van der Waals surface area contributed by atoms with Crippen molar-refractivity contribution in [1.29, 1.82) is 0 Å². The molecular formula is C11H10ClFN2O. The van der Waals surface area contributed by atoms with E-state index in [1.165, 1.54) is 19.2 Å². The number of benzene rings is 1. The van der Waals surface area contributed by atoms with E-state index in [9.17, 15) is 4.39 Å². The number of nitrogens with zero attached hydrogens (tertiary/aromatic N) is 1. The summed E-state index contributed by atoms with van der Waals surface area (Å²) in [5.41, 5.74) is 1.96. The minimum atomic E-state index is -0.339. The third-order valence-corrected chi connectivity index (χ3v) is 2.45. The summed E-state index contributed by atoms with van der Waals surface area (Å²) < 4.78 is 18.3. The monoisotopic (exact) mass is 240 g/mol. The van der Waals surface area contributed by atoms with E-state index in [1.807, 2.05) is 6.92 Å². The molecule has 1 aromatic carbocycles. The summed E-state index contributed by atoms with van der Waals surface area (Å²) in [4.78, 5) is 6.95. The summed E-state index contributed by atoms with van der Waals surface area (Å²) >= 11 is 5.75. The molecule has 16 heavy (non-hydrogen) atoms. The van der Waals surface area contributed by atoms with Crippen molar-refractivity contribution in [2.75, 3.05) is 7.11 Å². The molecule has 0 unspecified atom stereocenters. The van der Waals surface area contributed by atoms with Crippen LogP contribution in [0.2, 0.25) is 5.28 Å². The van der Waals surface area contributed by atoms with Gasteiger partial charge in [-0.2, -0.15) is 0 Å². The Labute approximate surface area is 97.2 Å². The first-order chi connectivity index (χ1) is 7.61. The van der Waals surface area contributed by atoms with Gasteiger partial charge in [0.15, 0.2) is 0 Å². The van der Waals surface area contributed by atoms with Gasteiger partial charge in [-0.15, -0.1) is 0 Å². The number of hydrogen-bond acceptors (Lipinski definition) is 2. The average Bonchev–Trinajstić information content (AvgIpc) is 2.57. The van der Waals surface area contributed by atoms with Crippen molar-refractivity contribution >= 4 is 11.6 Å². The molecule has 0 aliphatic heterocycles. The Kier molecular flexibility index (Phi) is 2.83. The van der Waals surface area contributed by atoms with Crippen LogP contribution in [0.3, 0.4) is 0 Å². The molecule has 0 radical (unpaired) electrons. The van der Waals surface area contributed by atoms with Crippen LogP contribution in [-0.2, 0) is 0 Å². The van der Waals surface area contributed by atoms with Crippen LogP contribution in [0.5, 0.6) is 5.75 Å². The number of imidazole rings is 1. The number of ether oxygens (including phenoxy) is 1. The number of aromatic amines is 1. The molecule has 1 N–H and O–H groups in total. The fraction of sp³-hybridized carbons (Fsp3) is 0.182. The Balaban J connectivity index is 2.62. The molecular weight excluding hydrogens is 231 g/mol. The van der Waals surface area contributed by atoms with Gasteiger partial charge in [-0.05, 0) is 36.7 Å². The lowest BCUT2D eigenvalue weighted by Crippen LogP contribution is -1.90. The number of rotatable bonds is 2. The van der Waals surface area contributed by atoms with Crippen LogP contribution in [0.4, 0.5) is 4.39 Å². The fourth-order valence-corrected chi connectivity index (χ4v) is 1.78. The van der Waals surface area contributed by atoms with Crippen LogP contribution < -0.4 is 4.74 Å². The van der Waals surface area contributed by atoms with E-state index in [2.05, 4.69) is 9.97 Å². The number of aromatic nitrogens is 2. The van der Waals surface area contributed by atoms with Gasteiger partial charge < -0.3 is 9.72 Å². The van der Waals surface area contributed by atoms with Gasteiger partial charge in [-0.25, -0.2) is 9.37 Å². The van der Waals surface area contributed by atoms with Crippen LogP contribution in [0.1, 0.15) is 5.69 Å². The number of aryl methyl sites for hydroxylation is 1. The molecule has 84 valence electrons. The summed E-state index contributed by atoms with van der Waals surface area (Å²) in [5, 5.41) is 0.277. The highest BCUT2D eigenvalue weighted by Crippen LogP contribution is 2.31. The Bertz CT molecular complexity index is 525. The quantitative estimate of drug-likeness (QED) is 0.876. The third-order valence-electron chi connectivity index (χ3n) is 2.27. The van der Waals surface area contributed by atoms with E-state index >= 15 is 0 Å². The van der Waals surface area contributed by atoms with Crippen LogP contribution in [-0.4, -0.2) is 17.1 Å². The lowest BCUT2D eigenvalue weighted by Gasteiger charge is -2.06. The summed E-state index contributed by atoms with van der Waals surface area (Å²) in [5.74, 6) is 0.224. The largest absolute Gasteiger partial charge is 0.496 e. The van der Waals surface area contributed by atoms with Crippen molar-refractivity contribution in [3.63, 3.8) is 0 Å². The zero-order chi connectivity index (χ0) is 11.7. The van der Waals surface area contributed by atoms with Gasteiger partial charge in [0.05, 0.1) is 12.8 Å². The maximum Gasteiger partial charge on any atom is 0.200 e. The summed E-state index contributed by atoms with van der Waals surface area (Å²) in [7, 11) is 1.53. The predicted octanol–water partition coefficient (Wildman–Crippen LogP) is 3.19. The second kappa shape index (κ2) is 4.14. The highest BCUT2D eigenvalue weighted by atomic mass is 35.5. The summed E-state index contributed by atoms with van der Waals surface area (Å²) in [6.45, 7) is 1.82. The van der Waals surface area contributed by atoms with Crippen LogP contribution in [0.15, 0.2) is 18.2 Å². The first kappa shape index (κ1) is 11.0. The molecule has 0 saturated carbocycles. The van der Waals surface area contributed by atoms with Crippen molar-refractivity contribution in [3.05, 3.63) is 35.0 Å². The van der Waals surface area contributed by atoms with E-state index in [0.717, 1.165) is 5.69 Å². The molecule has 0 amide bonds. The molecule has 0 atom stereocenters. The molecule has 1 aromatic heterocycles. The van der Waals surface area contributed by atoms with Crippen LogP contribution in [0, 0.1) is 12.7 Å². The van der Waals surface area contributed by atoms with Crippen LogP contribution >= 0.6 is 11.6 Å². The van der Waals surface area contributed by atoms with Gasteiger partial charge in [-0.3, -0.25) is 0 Å². The van der Waals surface area contributed by atoms with E-state index in [-0.39, 0.29) is 11.1 Å². The maximum absolute atomic E-state index is 13.2. The number of methoxy groups -OCH3 is 1. The highest BCUT2D eigenvalue weighted by Gasteiger charge is 2.13. The highest BCUT2D eigenvalue weighted by molar-refractivity contribution is 6.28. The van der Waals surface area contributed by atoms with Gasteiger partial charge in [0.2, 0.25) is 5.28 Å². The molecule has 0 fully saturated rings. The van der Waals surface area contributed by atoms with Gasteiger partial charge in [0.1, 0.15) is 11.6 Å². The van der Waals surface area contributed by atoms with Crippen LogP contribution in [0.25, 0.3) is 11.3 Å². The molecule has 0 aliphatic rings. The third kappa shape index (κ3) is 1.88. The molecule has 5 heteroatoms. The zero-order valence-corrected chi connectivity index (χ0v) is 9.60. The standard InChI is InChI=1S/C11H10ClFN2O/c1-6-10(15-11(12)14-6)8-5-7(13)3-4-9(8)16-2/h3-5H,1-2H3,(H,14,15). The second-order valence-electron chi connectivity index (χ2n) is 3.35. The number of hydrogen-bond donors (Lipinski definition) is 1. The van der Waals surface area contributed by atoms with E-state index in [1.54, 1.807) is 6.07 Å². The molecule has 0 spiro atoms. The van der Waals surface area contributed by atoms with E-state index < -0.39 is 0 Å². The molecule has 1 heterocycles. The van der Waals surface area contributed by atoms with Crippen molar-refractivity contribution in [3.8, 4) is 17.0 Å². The van der Waals surface area contributed by atoms with Gasteiger partial charge in [-0.1, -0.05) is 0 Å². The topological polar surface area (TPSA) is 37.9 Å². The predicted molar refractivity (Wildman–Crippen MR) is 60.3 cm³/mol. The Hall–Kier alpha value is -1.55. The number of H-pyrrole nitrogens is 1. The molecule has 2 aromatic rings. The van der Waals surface area contributed by atoms with Gasteiger partial charge >= 0.3 is 0 Å². The lowest BCUT2D eigenvalue weighted by molar-refractivity contribution is 0.415. The Morgan fingerprint density at radius 2 is 2.19 bits per heavy atom. The SMILES string of the molecule is COc1ccc(F)cc1-c1nc(Cl)[nH]c1C. The smallest absolute Gasteiger partial charge is 0.200 e. The normalized spacial score (nSPS) is 10.5. The molecule has 0 saturated heterocycles. The van der Waals surface area contributed by atoms with Crippen molar-refractivity contribution in [2.24, 2.45) is 0 Å². The van der Waals surface area contributed by atoms with E-state index in [0.29, 0.717) is 17.0 Å². The van der Waals surface area contributed by atoms with Crippen molar-refractivity contribution in [1.82, 2.24) is 9.97 Å². The van der Waals surface area contributed by atoms with Gasteiger partial charge in [0, 0.05) is 11.3 Å². The summed E-state index contributed by atoms with van der Waals surface area (Å²) in [6, 6.07) is 4.27. The maximum atomic E-state index is 13.2. The fourth-order valence-electron chi connectivity index (χ4n) is 1.55. The first-order valence-electron chi connectivity index (χ1n) is 4.68. The minimum Gasteiger partial charge on any atom is -0.496 e. The van der Waals surface area contributed by atoms with Gasteiger partial charge in [0.25, 0.3) is 0 Å². The molecule has 0 aliphatic carbocycles. The molecule has 3 nitrogen and oxygen atoms in total. The Morgan fingerprint density at radius 3 is 2.75 bits per heavy atom. The van der Waals surface area contributed by atoms with Crippen molar-refractivity contribution in [2.45, 2.75) is 6.92 Å². The molecule has 2 rings (SSSR count). The second-order valence-corrected chi connectivity index (χ2v) is 3.70. The lowest BCUT2D eigenvalue weighted by atomic mass is 10.1. The first-order valence-corrected chi connectivity index (χ1v) is 5.05. The summed E-state index contributed by atoms with van der Waals surface area (Å²) in [6.07, 6.45) is 0. The Morgan fingerprint density at radius 1 is 1.44 bits per heavy atom. The zero-order valence-electron chi connectivity index (χ0n) is 8.84. The minimum absolute atomic E-state index is 0.277.